The number of halogens is 1. The van der Waals surface area contributed by atoms with Crippen LogP contribution in [0.5, 0.6) is 5.75 Å². The van der Waals surface area contributed by atoms with Crippen LogP contribution < -0.4 is 9.64 Å². The lowest BCUT2D eigenvalue weighted by Gasteiger charge is -2.22. The summed E-state index contributed by atoms with van der Waals surface area (Å²) in [6.45, 7) is 2.98. The lowest BCUT2D eigenvalue weighted by Crippen LogP contribution is -2.27. The molecule has 1 aliphatic rings. The third-order valence-electron chi connectivity index (χ3n) is 5.86. The van der Waals surface area contributed by atoms with Gasteiger partial charge in [0.2, 0.25) is 0 Å². The highest BCUT2D eigenvalue weighted by atomic mass is 19.1. The molecule has 7 nitrogen and oxygen atoms in total. The molecule has 160 valence electrons. The summed E-state index contributed by atoms with van der Waals surface area (Å²) in [5, 5.41) is 4.53. The summed E-state index contributed by atoms with van der Waals surface area (Å²) in [4.78, 5) is 11.5. The number of anilines is 1. The summed E-state index contributed by atoms with van der Waals surface area (Å²) >= 11 is 0. The Bertz CT molecular complexity index is 1210. The van der Waals surface area contributed by atoms with E-state index in [0.717, 1.165) is 39.7 Å². The number of alkyl halides is 1. The van der Waals surface area contributed by atoms with Crippen LogP contribution in [0.2, 0.25) is 0 Å². The Morgan fingerprint density at radius 2 is 2.06 bits per heavy atom. The summed E-state index contributed by atoms with van der Waals surface area (Å²) < 4.78 is 23.3. The van der Waals surface area contributed by atoms with Gasteiger partial charge in [-0.2, -0.15) is 5.10 Å². The maximum Gasteiger partial charge on any atom is 0.144 e. The monoisotopic (exact) mass is 420 g/mol. The zero-order chi connectivity index (χ0) is 21.5. The molecule has 0 N–H and O–H groups in total. The van der Waals surface area contributed by atoms with Crippen molar-refractivity contribution in [2.24, 2.45) is 7.05 Å². The normalized spacial score (nSPS) is 18.8. The number of nitrogens with zero attached hydrogens (tertiary/aromatic N) is 6. The lowest BCUT2D eigenvalue weighted by atomic mass is 10.2. The summed E-state index contributed by atoms with van der Waals surface area (Å²) in [7, 11) is 3.57. The van der Waals surface area contributed by atoms with Crippen LogP contribution in [0.15, 0.2) is 48.8 Å². The first kappa shape index (κ1) is 19.5. The standard InChI is InChI=1S/C23H25FN6O/c1-15-11-17(24)13-29(15)21-8-7-16(12-25-21)23-26-19-5-4-6-20(31-3)22(19)30(23)14-18-9-10-28(2)27-18/h4-10,12,15,17H,11,13-14H2,1-3H3/t15-,17-/m0/s1. The van der Waals surface area contributed by atoms with Gasteiger partial charge in [-0.1, -0.05) is 6.07 Å². The molecule has 0 bridgehead atoms. The smallest absolute Gasteiger partial charge is 0.144 e. The van der Waals surface area contributed by atoms with Crippen LogP contribution in [0.3, 0.4) is 0 Å². The van der Waals surface area contributed by atoms with Gasteiger partial charge in [0, 0.05) is 37.5 Å². The molecule has 0 saturated carbocycles. The van der Waals surface area contributed by atoms with Crippen molar-refractivity contribution in [1.82, 2.24) is 24.3 Å². The number of aromatic nitrogens is 5. The summed E-state index contributed by atoms with van der Waals surface area (Å²) in [5.74, 6) is 2.35. The Morgan fingerprint density at radius 3 is 2.71 bits per heavy atom. The van der Waals surface area contributed by atoms with Crippen LogP contribution in [0.4, 0.5) is 10.2 Å². The molecule has 3 aromatic heterocycles. The molecule has 4 aromatic rings. The van der Waals surface area contributed by atoms with Crippen LogP contribution in [0, 0.1) is 0 Å². The molecule has 0 unspecified atom stereocenters. The van der Waals surface area contributed by atoms with E-state index < -0.39 is 6.17 Å². The number of para-hydroxylation sites is 1. The highest BCUT2D eigenvalue weighted by Crippen LogP contribution is 2.32. The predicted octanol–water partition coefficient (Wildman–Crippen LogP) is 3.83. The van der Waals surface area contributed by atoms with Crippen molar-refractivity contribution >= 4 is 16.9 Å². The third-order valence-corrected chi connectivity index (χ3v) is 5.86. The molecule has 5 rings (SSSR count). The SMILES string of the molecule is COc1cccc2nc(-c3ccc(N4C[C@@H](F)C[C@@H]4C)nc3)n(Cc3ccn(C)n3)c12. The fourth-order valence-corrected chi connectivity index (χ4v) is 4.37. The largest absolute Gasteiger partial charge is 0.494 e. The topological polar surface area (TPSA) is 61.0 Å². The summed E-state index contributed by atoms with van der Waals surface area (Å²) in [5.41, 5.74) is 3.59. The van der Waals surface area contributed by atoms with Gasteiger partial charge in [0.1, 0.15) is 29.1 Å². The van der Waals surface area contributed by atoms with Gasteiger partial charge in [0.05, 0.1) is 31.4 Å². The molecule has 0 aliphatic carbocycles. The van der Waals surface area contributed by atoms with E-state index >= 15 is 0 Å². The van der Waals surface area contributed by atoms with E-state index in [0.29, 0.717) is 19.5 Å². The molecule has 1 fully saturated rings. The minimum atomic E-state index is -0.800. The van der Waals surface area contributed by atoms with Crippen molar-refractivity contribution in [3.8, 4) is 17.1 Å². The molecule has 1 aliphatic heterocycles. The van der Waals surface area contributed by atoms with Gasteiger partial charge < -0.3 is 14.2 Å². The first-order chi connectivity index (χ1) is 15.0. The first-order valence-electron chi connectivity index (χ1n) is 10.4. The molecular formula is C23H25FN6O. The van der Waals surface area contributed by atoms with Gasteiger partial charge in [-0.05, 0) is 37.3 Å². The molecule has 2 atom stereocenters. The van der Waals surface area contributed by atoms with E-state index in [9.17, 15) is 4.39 Å². The summed E-state index contributed by atoms with van der Waals surface area (Å²) in [6.07, 6.45) is 3.49. The van der Waals surface area contributed by atoms with Gasteiger partial charge in [-0.15, -0.1) is 0 Å². The van der Waals surface area contributed by atoms with E-state index in [4.69, 9.17) is 9.72 Å². The van der Waals surface area contributed by atoms with Crippen molar-refractivity contribution in [2.45, 2.75) is 32.1 Å². The molecule has 0 amide bonds. The maximum atomic E-state index is 13.8. The number of hydrogen-bond acceptors (Lipinski definition) is 5. The minimum absolute atomic E-state index is 0.145. The van der Waals surface area contributed by atoms with Crippen LogP contribution in [-0.2, 0) is 13.6 Å². The van der Waals surface area contributed by atoms with E-state index in [1.165, 1.54) is 0 Å². The highest BCUT2D eigenvalue weighted by Gasteiger charge is 2.29. The second-order valence-electron chi connectivity index (χ2n) is 8.07. The molecule has 1 aromatic carbocycles. The third kappa shape index (κ3) is 3.52. The Labute approximate surface area is 180 Å². The lowest BCUT2D eigenvalue weighted by molar-refractivity contribution is 0.358. The fraction of sp³-hybridized carbons (Fsp3) is 0.348. The Morgan fingerprint density at radius 1 is 1.19 bits per heavy atom. The second-order valence-corrected chi connectivity index (χ2v) is 8.07. The van der Waals surface area contributed by atoms with Gasteiger partial charge in [0.25, 0.3) is 0 Å². The molecule has 0 radical (unpaired) electrons. The Hall–Kier alpha value is -3.42. The average molecular weight is 420 g/mol. The number of imidazole rings is 1. The molecular weight excluding hydrogens is 395 g/mol. The van der Waals surface area contributed by atoms with E-state index in [1.54, 1.807) is 11.8 Å². The van der Waals surface area contributed by atoms with Crippen molar-refractivity contribution in [2.75, 3.05) is 18.6 Å². The Balaban J connectivity index is 1.58. The van der Waals surface area contributed by atoms with Gasteiger partial charge in [-0.25, -0.2) is 14.4 Å². The second kappa shape index (κ2) is 7.68. The number of hydrogen-bond donors (Lipinski definition) is 0. The number of rotatable bonds is 5. The van der Waals surface area contributed by atoms with Crippen molar-refractivity contribution in [3.05, 3.63) is 54.5 Å². The predicted molar refractivity (Wildman–Crippen MR) is 118 cm³/mol. The number of benzene rings is 1. The van der Waals surface area contributed by atoms with Crippen molar-refractivity contribution < 1.29 is 9.13 Å². The van der Waals surface area contributed by atoms with Crippen molar-refractivity contribution in [3.63, 3.8) is 0 Å². The molecule has 8 heteroatoms. The van der Waals surface area contributed by atoms with Crippen molar-refractivity contribution in [1.29, 1.82) is 0 Å². The number of ether oxygens (including phenoxy) is 1. The van der Waals surface area contributed by atoms with Gasteiger partial charge in [-0.3, -0.25) is 4.68 Å². The minimum Gasteiger partial charge on any atom is -0.494 e. The first-order valence-corrected chi connectivity index (χ1v) is 10.4. The van der Waals surface area contributed by atoms with E-state index in [-0.39, 0.29) is 6.04 Å². The van der Waals surface area contributed by atoms with Crippen LogP contribution in [0.1, 0.15) is 19.0 Å². The number of methoxy groups -OCH3 is 1. The van der Waals surface area contributed by atoms with Crippen LogP contribution >= 0.6 is 0 Å². The zero-order valence-corrected chi connectivity index (χ0v) is 17.9. The number of fused-ring (bicyclic) bond motifs is 1. The van der Waals surface area contributed by atoms with Gasteiger partial charge >= 0.3 is 0 Å². The zero-order valence-electron chi connectivity index (χ0n) is 17.9. The molecule has 1 saturated heterocycles. The summed E-state index contributed by atoms with van der Waals surface area (Å²) in [6, 6.07) is 11.9. The number of pyridine rings is 1. The maximum absolute atomic E-state index is 13.8. The fourth-order valence-electron chi connectivity index (χ4n) is 4.37. The van der Waals surface area contributed by atoms with E-state index in [2.05, 4.69) is 14.6 Å². The highest BCUT2D eigenvalue weighted by molar-refractivity contribution is 5.86. The Kier molecular flexibility index (Phi) is 4.84. The van der Waals surface area contributed by atoms with Gasteiger partial charge in [0.15, 0.2) is 0 Å². The molecule has 31 heavy (non-hydrogen) atoms. The number of aryl methyl sites for hydroxylation is 1. The molecule has 0 spiro atoms. The average Bonchev–Trinajstić information content (AvgIpc) is 3.45. The quantitative estimate of drug-likeness (QED) is 0.491. The van der Waals surface area contributed by atoms with E-state index in [1.807, 2.05) is 67.7 Å². The van der Waals surface area contributed by atoms with Crippen LogP contribution in [0.25, 0.3) is 22.4 Å². The molecule has 4 heterocycles. The van der Waals surface area contributed by atoms with Crippen LogP contribution in [-0.4, -0.2) is 50.2 Å².